The third-order valence-electron chi connectivity index (χ3n) is 3.08. The van der Waals surface area contributed by atoms with Gasteiger partial charge in [-0.15, -0.1) is 0 Å². The van der Waals surface area contributed by atoms with Gasteiger partial charge in [0.05, 0.1) is 6.10 Å². The molecule has 1 aromatic rings. The van der Waals surface area contributed by atoms with E-state index < -0.39 is 5.97 Å². The fourth-order valence-corrected chi connectivity index (χ4v) is 2.07. The summed E-state index contributed by atoms with van der Waals surface area (Å²) in [6.45, 7) is 1.25. The molecule has 1 aromatic carbocycles. The molecule has 0 spiro atoms. The number of anilines is 1. The number of ether oxygens (including phenoxy) is 1. The lowest BCUT2D eigenvalue weighted by atomic mass is 10.2. The summed E-state index contributed by atoms with van der Waals surface area (Å²) in [6, 6.07) is 6.64. The topological polar surface area (TPSA) is 87.7 Å². The van der Waals surface area contributed by atoms with Gasteiger partial charge in [-0.3, -0.25) is 0 Å². The van der Waals surface area contributed by atoms with Crippen LogP contribution in [-0.2, 0) is 9.53 Å². The lowest BCUT2D eigenvalue weighted by Crippen LogP contribution is -2.35. The summed E-state index contributed by atoms with van der Waals surface area (Å²) in [6.07, 6.45) is 4.62. The molecule has 6 heteroatoms. The third-order valence-corrected chi connectivity index (χ3v) is 3.08. The predicted molar refractivity (Wildman–Crippen MR) is 79.1 cm³/mol. The first-order valence-electron chi connectivity index (χ1n) is 6.81. The van der Waals surface area contributed by atoms with Crippen molar-refractivity contribution >= 4 is 23.8 Å². The SMILES string of the molecule is O=C(O)/C=C/c1cccc(NC(=O)NCC2CCCO2)c1. The second-order valence-electron chi connectivity index (χ2n) is 4.77. The van der Waals surface area contributed by atoms with Crippen LogP contribution in [0, 0.1) is 0 Å². The molecule has 0 aliphatic carbocycles. The zero-order valence-corrected chi connectivity index (χ0v) is 11.5. The lowest BCUT2D eigenvalue weighted by molar-refractivity contribution is -0.131. The molecule has 0 radical (unpaired) electrons. The van der Waals surface area contributed by atoms with Crippen molar-refractivity contribution in [3.05, 3.63) is 35.9 Å². The number of benzene rings is 1. The Morgan fingerprint density at radius 2 is 2.29 bits per heavy atom. The molecule has 112 valence electrons. The van der Waals surface area contributed by atoms with Gasteiger partial charge < -0.3 is 20.5 Å². The summed E-state index contributed by atoms with van der Waals surface area (Å²) in [5, 5.41) is 14.0. The molecule has 2 amide bonds. The number of amides is 2. The molecule has 1 atom stereocenters. The van der Waals surface area contributed by atoms with E-state index in [1.165, 1.54) is 6.08 Å². The van der Waals surface area contributed by atoms with Crippen LogP contribution in [-0.4, -0.2) is 36.4 Å². The van der Waals surface area contributed by atoms with Crippen LogP contribution in [0.1, 0.15) is 18.4 Å². The molecule has 1 saturated heterocycles. The van der Waals surface area contributed by atoms with Crippen LogP contribution in [0.3, 0.4) is 0 Å². The fourth-order valence-electron chi connectivity index (χ4n) is 2.07. The smallest absolute Gasteiger partial charge is 0.328 e. The highest BCUT2D eigenvalue weighted by molar-refractivity contribution is 5.90. The van der Waals surface area contributed by atoms with E-state index in [4.69, 9.17) is 9.84 Å². The predicted octanol–water partition coefficient (Wildman–Crippen LogP) is 2.08. The Morgan fingerprint density at radius 3 is 3.00 bits per heavy atom. The standard InChI is InChI=1S/C15H18N2O4/c18-14(19)7-6-11-3-1-4-12(9-11)17-15(20)16-10-13-5-2-8-21-13/h1,3-4,6-7,9,13H,2,5,8,10H2,(H,18,19)(H2,16,17,20)/b7-6+. The Labute approximate surface area is 122 Å². The van der Waals surface area contributed by atoms with E-state index in [0.29, 0.717) is 17.8 Å². The van der Waals surface area contributed by atoms with Crippen molar-refractivity contribution in [1.29, 1.82) is 0 Å². The molecular weight excluding hydrogens is 272 g/mol. The van der Waals surface area contributed by atoms with Gasteiger partial charge in [0.1, 0.15) is 0 Å². The summed E-state index contributed by atoms with van der Waals surface area (Å²) in [5.74, 6) is -1.01. The van der Waals surface area contributed by atoms with Gasteiger partial charge in [-0.05, 0) is 36.6 Å². The van der Waals surface area contributed by atoms with Gasteiger partial charge in [0, 0.05) is 24.9 Å². The zero-order chi connectivity index (χ0) is 15.1. The fraction of sp³-hybridized carbons (Fsp3) is 0.333. The van der Waals surface area contributed by atoms with E-state index in [2.05, 4.69) is 10.6 Å². The van der Waals surface area contributed by atoms with E-state index in [1.807, 2.05) is 0 Å². The van der Waals surface area contributed by atoms with Gasteiger partial charge in [0.15, 0.2) is 0 Å². The highest BCUT2D eigenvalue weighted by Crippen LogP contribution is 2.13. The average Bonchev–Trinajstić information content (AvgIpc) is 2.97. The van der Waals surface area contributed by atoms with Gasteiger partial charge in [-0.1, -0.05) is 12.1 Å². The van der Waals surface area contributed by atoms with E-state index >= 15 is 0 Å². The zero-order valence-electron chi connectivity index (χ0n) is 11.5. The second kappa shape index (κ2) is 7.44. The number of carbonyl (C=O) groups excluding carboxylic acids is 1. The maximum Gasteiger partial charge on any atom is 0.328 e. The Kier molecular flexibility index (Phi) is 5.34. The van der Waals surface area contributed by atoms with Crippen molar-refractivity contribution in [2.45, 2.75) is 18.9 Å². The van der Waals surface area contributed by atoms with Crippen molar-refractivity contribution in [2.24, 2.45) is 0 Å². The minimum Gasteiger partial charge on any atom is -0.478 e. The summed E-state index contributed by atoms with van der Waals surface area (Å²) >= 11 is 0. The van der Waals surface area contributed by atoms with Crippen molar-refractivity contribution in [3.63, 3.8) is 0 Å². The number of hydrogen-bond donors (Lipinski definition) is 3. The Hall–Kier alpha value is -2.34. The van der Waals surface area contributed by atoms with Gasteiger partial charge in [-0.25, -0.2) is 9.59 Å². The quantitative estimate of drug-likeness (QED) is 0.725. The second-order valence-corrected chi connectivity index (χ2v) is 4.77. The molecule has 2 rings (SSSR count). The van der Waals surface area contributed by atoms with Crippen LogP contribution >= 0.6 is 0 Å². The Bertz CT molecular complexity index is 536. The molecule has 0 saturated carbocycles. The number of aliphatic carboxylic acids is 1. The third kappa shape index (κ3) is 5.27. The molecular formula is C15H18N2O4. The van der Waals surface area contributed by atoms with E-state index in [-0.39, 0.29) is 12.1 Å². The minimum absolute atomic E-state index is 0.0978. The van der Waals surface area contributed by atoms with Crippen LogP contribution < -0.4 is 10.6 Å². The summed E-state index contributed by atoms with van der Waals surface area (Å²) in [5.41, 5.74) is 1.31. The molecule has 0 aromatic heterocycles. The summed E-state index contributed by atoms with van der Waals surface area (Å²) in [4.78, 5) is 22.2. The molecule has 3 N–H and O–H groups in total. The van der Waals surface area contributed by atoms with Crippen LogP contribution in [0.5, 0.6) is 0 Å². The van der Waals surface area contributed by atoms with E-state index in [0.717, 1.165) is 25.5 Å². The largest absolute Gasteiger partial charge is 0.478 e. The molecule has 21 heavy (non-hydrogen) atoms. The highest BCUT2D eigenvalue weighted by Gasteiger charge is 2.15. The van der Waals surface area contributed by atoms with Crippen molar-refractivity contribution in [1.82, 2.24) is 5.32 Å². The van der Waals surface area contributed by atoms with Crippen LogP contribution in [0.4, 0.5) is 10.5 Å². The molecule has 1 fully saturated rings. The molecule has 0 bridgehead atoms. The number of hydrogen-bond acceptors (Lipinski definition) is 3. The number of carbonyl (C=O) groups is 2. The molecule has 1 unspecified atom stereocenters. The normalized spacial score (nSPS) is 17.8. The number of carboxylic acid groups (broad SMARTS) is 1. The summed E-state index contributed by atoms with van der Waals surface area (Å²) < 4.78 is 5.42. The molecule has 6 nitrogen and oxygen atoms in total. The van der Waals surface area contributed by atoms with Crippen LogP contribution in [0.25, 0.3) is 6.08 Å². The molecule has 1 heterocycles. The van der Waals surface area contributed by atoms with Gasteiger partial charge in [0.2, 0.25) is 0 Å². The lowest BCUT2D eigenvalue weighted by Gasteiger charge is -2.12. The van der Waals surface area contributed by atoms with E-state index in [1.54, 1.807) is 24.3 Å². The van der Waals surface area contributed by atoms with Crippen molar-refractivity contribution in [2.75, 3.05) is 18.5 Å². The first-order chi connectivity index (χ1) is 10.1. The van der Waals surface area contributed by atoms with E-state index in [9.17, 15) is 9.59 Å². The number of carboxylic acids is 1. The van der Waals surface area contributed by atoms with Gasteiger partial charge >= 0.3 is 12.0 Å². The van der Waals surface area contributed by atoms with Gasteiger partial charge in [-0.2, -0.15) is 0 Å². The van der Waals surface area contributed by atoms with Crippen molar-refractivity contribution < 1.29 is 19.4 Å². The number of urea groups is 1. The number of rotatable bonds is 5. The Balaban J connectivity index is 1.85. The number of nitrogens with one attached hydrogen (secondary N) is 2. The molecule has 1 aliphatic rings. The van der Waals surface area contributed by atoms with Crippen LogP contribution in [0.2, 0.25) is 0 Å². The Morgan fingerprint density at radius 1 is 1.43 bits per heavy atom. The summed E-state index contributed by atoms with van der Waals surface area (Å²) in [7, 11) is 0. The van der Waals surface area contributed by atoms with Crippen molar-refractivity contribution in [3.8, 4) is 0 Å². The molecule has 1 aliphatic heterocycles. The maximum atomic E-state index is 11.8. The highest BCUT2D eigenvalue weighted by atomic mass is 16.5. The average molecular weight is 290 g/mol. The first kappa shape index (κ1) is 15.1. The monoisotopic (exact) mass is 290 g/mol. The van der Waals surface area contributed by atoms with Crippen LogP contribution in [0.15, 0.2) is 30.3 Å². The van der Waals surface area contributed by atoms with Gasteiger partial charge in [0.25, 0.3) is 0 Å². The maximum absolute atomic E-state index is 11.8. The minimum atomic E-state index is -1.01. The first-order valence-corrected chi connectivity index (χ1v) is 6.81.